The fourth-order valence-corrected chi connectivity index (χ4v) is 2.55. The first-order valence-corrected chi connectivity index (χ1v) is 6.50. The monoisotopic (exact) mass is 266 g/mol. The molecule has 0 bridgehead atoms. The number of hydrogen-bond acceptors (Lipinski definition) is 4. The Morgan fingerprint density at radius 3 is 2.84 bits per heavy atom. The van der Waals surface area contributed by atoms with Crippen LogP contribution in [-0.4, -0.2) is 51.9 Å². The third kappa shape index (κ3) is 2.96. The summed E-state index contributed by atoms with van der Waals surface area (Å²) in [7, 11) is 1.78. The van der Waals surface area contributed by atoms with Crippen LogP contribution in [0.1, 0.15) is 30.0 Å². The van der Waals surface area contributed by atoms with Crippen LogP contribution in [0.15, 0.2) is 6.07 Å². The fourth-order valence-electron chi connectivity index (χ4n) is 2.55. The number of nitrogens with zero attached hydrogens (tertiary/aromatic N) is 3. The van der Waals surface area contributed by atoms with Crippen molar-refractivity contribution in [2.75, 3.05) is 19.6 Å². The number of rotatable bonds is 2. The Balaban J connectivity index is 2.21. The lowest BCUT2D eigenvalue weighted by molar-refractivity contribution is -0.122. The average molecular weight is 266 g/mol. The summed E-state index contributed by atoms with van der Waals surface area (Å²) in [6, 6.07) is 1.81. The second-order valence-corrected chi connectivity index (χ2v) is 5.72. The smallest absolute Gasteiger partial charge is 0.272 e. The molecule has 0 saturated carbocycles. The molecule has 1 aromatic heterocycles. The van der Waals surface area contributed by atoms with Gasteiger partial charge in [0.2, 0.25) is 0 Å². The predicted octanol–water partition coefficient (Wildman–Crippen LogP) is 0.307. The van der Waals surface area contributed by atoms with Gasteiger partial charge in [-0.2, -0.15) is 5.10 Å². The van der Waals surface area contributed by atoms with Crippen molar-refractivity contribution in [3.8, 4) is 0 Å². The van der Waals surface area contributed by atoms with Crippen molar-refractivity contribution in [2.45, 2.75) is 32.5 Å². The highest BCUT2D eigenvalue weighted by atomic mass is 16.5. The summed E-state index contributed by atoms with van der Waals surface area (Å²) in [5, 5.41) is 4.22. The molecule has 19 heavy (non-hydrogen) atoms. The zero-order valence-corrected chi connectivity index (χ0v) is 12.0. The summed E-state index contributed by atoms with van der Waals surface area (Å²) in [5.74, 6) is -0.0158. The van der Waals surface area contributed by atoms with Gasteiger partial charge in [-0.1, -0.05) is 0 Å². The number of morpholine rings is 1. The van der Waals surface area contributed by atoms with E-state index in [4.69, 9.17) is 10.5 Å². The van der Waals surface area contributed by atoms with Crippen molar-refractivity contribution in [2.24, 2.45) is 12.8 Å². The first-order chi connectivity index (χ1) is 8.82. The summed E-state index contributed by atoms with van der Waals surface area (Å²) in [6.07, 6.45) is -0.109. The number of nitrogens with two attached hydrogens (primary N) is 1. The van der Waals surface area contributed by atoms with Crippen LogP contribution in [0.3, 0.4) is 0 Å². The number of ether oxygens (including phenoxy) is 1. The normalized spacial score (nSPS) is 22.6. The van der Waals surface area contributed by atoms with Crippen LogP contribution in [0.2, 0.25) is 0 Å². The molecule has 2 rings (SSSR count). The topological polar surface area (TPSA) is 73.4 Å². The van der Waals surface area contributed by atoms with Gasteiger partial charge in [0, 0.05) is 26.7 Å². The van der Waals surface area contributed by atoms with E-state index in [0.717, 1.165) is 5.69 Å². The van der Waals surface area contributed by atoms with E-state index in [9.17, 15) is 4.79 Å². The zero-order chi connectivity index (χ0) is 14.2. The van der Waals surface area contributed by atoms with Gasteiger partial charge >= 0.3 is 0 Å². The van der Waals surface area contributed by atoms with E-state index < -0.39 is 0 Å². The summed E-state index contributed by atoms with van der Waals surface area (Å²) in [6.45, 7) is 7.34. The van der Waals surface area contributed by atoms with E-state index in [-0.39, 0.29) is 17.6 Å². The molecule has 1 saturated heterocycles. The Morgan fingerprint density at radius 1 is 1.63 bits per heavy atom. The van der Waals surface area contributed by atoms with Crippen molar-refractivity contribution in [3.63, 3.8) is 0 Å². The predicted molar refractivity (Wildman–Crippen MR) is 71.9 cm³/mol. The lowest BCUT2D eigenvalue weighted by Gasteiger charge is -2.42. The molecule has 0 radical (unpaired) electrons. The van der Waals surface area contributed by atoms with E-state index in [1.165, 1.54) is 0 Å². The maximum atomic E-state index is 12.6. The number of aromatic nitrogens is 2. The Labute approximate surface area is 113 Å². The molecule has 1 atom stereocenters. The van der Waals surface area contributed by atoms with Crippen molar-refractivity contribution < 1.29 is 9.53 Å². The third-order valence-corrected chi connectivity index (χ3v) is 3.25. The van der Waals surface area contributed by atoms with Gasteiger partial charge < -0.3 is 15.4 Å². The van der Waals surface area contributed by atoms with Crippen molar-refractivity contribution in [3.05, 3.63) is 17.5 Å². The van der Waals surface area contributed by atoms with E-state index in [1.807, 2.05) is 26.8 Å². The van der Waals surface area contributed by atoms with Crippen LogP contribution in [-0.2, 0) is 11.8 Å². The molecule has 2 heterocycles. The van der Waals surface area contributed by atoms with Crippen LogP contribution in [0, 0.1) is 6.92 Å². The molecular weight excluding hydrogens is 244 g/mol. The lowest BCUT2D eigenvalue weighted by Crippen LogP contribution is -2.56. The maximum Gasteiger partial charge on any atom is 0.272 e. The van der Waals surface area contributed by atoms with E-state index >= 15 is 0 Å². The first kappa shape index (κ1) is 14.0. The van der Waals surface area contributed by atoms with Gasteiger partial charge in [-0.05, 0) is 26.8 Å². The highest BCUT2D eigenvalue weighted by Gasteiger charge is 2.36. The molecule has 0 spiro atoms. The minimum atomic E-state index is -0.369. The SMILES string of the molecule is Cc1cc(C(=O)N2CC(CN)OC(C)(C)C2)n(C)n1. The van der Waals surface area contributed by atoms with Crippen LogP contribution in [0.4, 0.5) is 0 Å². The molecular formula is C13H22N4O2. The van der Waals surface area contributed by atoms with Gasteiger partial charge in [0.15, 0.2) is 0 Å². The standard InChI is InChI=1S/C13H22N4O2/c1-9-5-11(16(4)15-9)12(18)17-7-10(6-14)19-13(2,3)8-17/h5,10H,6-8,14H2,1-4H3. The first-order valence-electron chi connectivity index (χ1n) is 6.50. The second-order valence-electron chi connectivity index (χ2n) is 5.72. The molecule has 106 valence electrons. The quantitative estimate of drug-likeness (QED) is 0.836. The molecule has 1 aliphatic heterocycles. The maximum absolute atomic E-state index is 12.6. The van der Waals surface area contributed by atoms with Gasteiger partial charge in [-0.15, -0.1) is 0 Å². The van der Waals surface area contributed by atoms with E-state index in [1.54, 1.807) is 16.6 Å². The highest BCUT2D eigenvalue weighted by Crippen LogP contribution is 2.22. The largest absolute Gasteiger partial charge is 0.367 e. The molecule has 1 unspecified atom stereocenters. The average Bonchev–Trinajstić information content (AvgIpc) is 2.65. The summed E-state index contributed by atoms with van der Waals surface area (Å²) in [4.78, 5) is 14.4. The van der Waals surface area contributed by atoms with Crippen molar-refractivity contribution in [1.82, 2.24) is 14.7 Å². The Morgan fingerprint density at radius 2 is 2.32 bits per heavy atom. The Hall–Kier alpha value is -1.40. The molecule has 1 fully saturated rings. The van der Waals surface area contributed by atoms with Crippen molar-refractivity contribution >= 4 is 5.91 Å². The molecule has 1 aliphatic rings. The Bertz CT molecular complexity index is 481. The van der Waals surface area contributed by atoms with Gasteiger partial charge in [-0.25, -0.2) is 0 Å². The zero-order valence-electron chi connectivity index (χ0n) is 12.0. The van der Waals surface area contributed by atoms with Crippen molar-refractivity contribution in [1.29, 1.82) is 0 Å². The van der Waals surface area contributed by atoms with Gasteiger partial charge in [0.25, 0.3) is 5.91 Å². The summed E-state index contributed by atoms with van der Waals surface area (Å²) >= 11 is 0. The molecule has 0 aromatic carbocycles. The number of carbonyl (C=O) groups excluding carboxylic acids is 1. The molecule has 6 nitrogen and oxygen atoms in total. The second kappa shape index (κ2) is 4.94. The van der Waals surface area contributed by atoms with Crippen LogP contribution in [0.5, 0.6) is 0 Å². The summed E-state index contributed by atoms with van der Waals surface area (Å²) < 4.78 is 7.46. The summed E-state index contributed by atoms with van der Waals surface area (Å²) in [5.41, 5.74) is 6.75. The van der Waals surface area contributed by atoms with Gasteiger partial charge in [0.05, 0.1) is 17.4 Å². The van der Waals surface area contributed by atoms with Gasteiger partial charge in [0.1, 0.15) is 5.69 Å². The number of amides is 1. The van der Waals surface area contributed by atoms with Crippen LogP contribution in [0.25, 0.3) is 0 Å². The van der Waals surface area contributed by atoms with Gasteiger partial charge in [-0.3, -0.25) is 9.48 Å². The minimum Gasteiger partial charge on any atom is -0.367 e. The third-order valence-electron chi connectivity index (χ3n) is 3.25. The highest BCUT2D eigenvalue weighted by molar-refractivity contribution is 5.92. The molecule has 1 aromatic rings. The lowest BCUT2D eigenvalue weighted by atomic mass is 10.0. The molecule has 2 N–H and O–H groups in total. The number of carbonyl (C=O) groups is 1. The molecule has 6 heteroatoms. The van der Waals surface area contributed by atoms with Crippen LogP contribution < -0.4 is 5.73 Å². The Kier molecular flexibility index (Phi) is 3.64. The number of hydrogen-bond donors (Lipinski definition) is 1. The fraction of sp³-hybridized carbons (Fsp3) is 0.692. The minimum absolute atomic E-state index is 0.0158. The van der Waals surface area contributed by atoms with Crippen LogP contribution >= 0.6 is 0 Å². The number of aryl methyl sites for hydroxylation is 2. The van der Waals surface area contributed by atoms with E-state index in [0.29, 0.717) is 25.3 Å². The molecule has 1 amide bonds. The molecule has 0 aliphatic carbocycles. The van der Waals surface area contributed by atoms with E-state index in [2.05, 4.69) is 5.10 Å².